The van der Waals surface area contributed by atoms with Crippen LogP contribution in [0.5, 0.6) is 0 Å². The van der Waals surface area contributed by atoms with Crippen LogP contribution in [0.1, 0.15) is 16.0 Å². The molecule has 0 aliphatic heterocycles. The van der Waals surface area contributed by atoms with E-state index in [0.717, 1.165) is 21.2 Å². The number of urea groups is 1. The third-order valence-corrected chi connectivity index (χ3v) is 11.1. The Morgan fingerprint density at radius 1 is 1.07 bits per heavy atom. The summed E-state index contributed by atoms with van der Waals surface area (Å²) in [5.74, 6) is -2.93. The summed E-state index contributed by atoms with van der Waals surface area (Å²) in [7, 11) is -3.88. The molecule has 1 aromatic heterocycles. The van der Waals surface area contributed by atoms with Crippen molar-refractivity contribution >= 4 is 72.4 Å². The van der Waals surface area contributed by atoms with Crippen LogP contribution < -0.4 is 16.4 Å². The monoisotopic (exact) mass is 756 g/mol. The maximum absolute atomic E-state index is 13.6. The third kappa shape index (κ3) is 9.57. The van der Waals surface area contributed by atoms with Gasteiger partial charge in [0.15, 0.2) is 0 Å². The van der Waals surface area contributed by atoms with E-state index in [1.54, 1.807) is 30.5 Å². The number of carboxylic acid groups (broad SMARTS) is 1. The van der Waals surface area contributed by atoms with Gasteiger partial charge >= 0.3 is 18.2 Å². The smallest absolute Gasteiger partial charge is 0.475 e. The van der Waals surface area contributed by atoms with Crippen molar-refractivity contribution in [2.45, 2.75) is 33.5 Å². The van der Waals surface area contributed by atoms with Gasteiger partial charge in [0.1, 0.15) is 5.84 Å². The quantitative estimate of drug-likeness (QED) is 0.0679. The van der Waals surface area contributed by atoms with Crippen molar-refractivity contribution < 1.29 is 36.3 Å². The van der Waals surface area contributed by atoms with Crippen LogP contribution >= 0.6 is 39.0 Å². The molecule has 0 aliphatic carbocycles. The predicted molar refractivity (Wildman–Crippen MR) is 178 cm³/mol. The molecule has 0 bridgehead atoms. The summed E-state index contributed by atoms with van der Waals surface area (Å²) in [5.41, 5.74) is 9.58. The molecule has 3 aromatic carbocycles. The molecule has 0 radical (unpaired) electrons. The summed E-state index contributed by atoms with van der Waals surface area (Å²) in [6, 6.07) is 21.3. The summed E-state index contributed by atoms with van der Waals surface area (Å²) in [6.45, 7) is 2.37. The lowest BCUT2D eigenvalue weighted by atomic mass is 9.98. The van der Waals surface area contributed by atoms with E-state index in [0.29, 0.717) is 33.3 Å². The molecule has 2 amide bonds. The number of nitrogens with two attached hydrogens (primary N) is 1. The number of carbonyl (C=O) groups is 2. The molecule has 6 N–H and O–H groups in total. The van der Waals surface area contributed by atoms with Crippen molar-refractivity contribution in [3.05, 3.63) is 93.3 Å². The molecule has 46 heavy (non-hydrogen) atoms. The molecule has 4 rings (SSSR count). The summed E-state index contributed by atoms with van der Waals surface area (Å²) in [4.78, 5) is 22.3. The standard InChI is InChI=1S/C28H27BrN4O3S3.C2HF3O2/c1-17-5-3-8-22(33-28(34)32-14-13-18-9-11-20(29)12-10-18)25(17)19-6-4-7-21(15-19)39(35,36)24-16-23(26(30)31)38-27(24)37-2;3-2(4,5)1(6)7/h3-12,15-16H,13-14H2,1-2H3,(H3,30,31)(H2,32,33,34);(H,6,7). The van der Waals surface area contributed by atoms with Crippen LogP contribution in [-0.4, -0.2) is 50.3 Å². The highest BCUT2D eigenvalue weighted by atomic mass is 79.9. The molecule has 0 saturated carbocycles. The number of rotatable bonds is 9. The number of thiophene rings is 1. The number of hydrogen-bond donors (Lipinski definition) is 5. The molecule has 9 nitrogen and oxygen atoms in total. The Kier molecular flexibility index (Phi) is 12.4. The Morgan fingerprint density at radius 3 is 2.28 bits per heavy atom. The van der Waals surface area contributed by atoms with E-state index in [9.17, 15) is 26.4 Å². The number of aryl methyl sites for hydroxylation is 1. The van der Waals surface area contributed by atoms with Crippen LogP contribution in [0.25, 0.3) is 11.1 Å². The third-order valence-electron chi connectivity index (χ3n) is 6.22. The molecule has 0 atom stereocenters. The summed E-state index contributed by atoms with van der Waals surface area (Å²) in [6.07, 6.45) is -2.60. The number of benzene rings is 3. The molecule has 1 heterocycles. The Balaban J connectivity index is 0.000000738. The highest BCUT2D eigenvalue weighted by Crippen LogP contribution is 2.39. The molecule has 0 unspecified atom stereocenters. The first-order valence-corrected chi connectivity index (χ1v) is 17.4. The molecule has 4 aromatic rings. The van der Waals surface area contributed by atoms with Crippen LogP contribution in [0.3, 0.4) is 0 Å². The zero-order valence-electron chi connectivity index (χ0n) is 24.2. The van der Waals surface area contributed by atoms with E-state index in [4.69, 9.17) is 21.0 Å². The maximum atomic E-state index is 13.6. The van der Waals surface area contributed by atoms with Crippen molar-refractivity contribution in [1.29, 1.82) is 5.41 Å². The Hall–Kier alpha value is -3.86. The molecule has 0 aliphatic rings. The number of amides is 2. The Labute approximate surface area is 280 Å². The number of nitrogen functional groups attached to an aromatic ring is 1. The van der Waals surface area contributed by atoms with E-state index in [1.807, 2.05) is 49.4 Å². The van der Waals surface area contributed by atoms with Gasteiger partial charge in [-0.1, -0.05) is 52.3 Å². The predicted octanol–water partition coefficient (Wildman–Crippen LogP) is 7.32. The lowest BCUT2D eigenvalue weighted by Gasteiger charge is -2.16. The number of sulfone groups is 1. The topological polar surface area (TPSA) is 162 Å². The average Bonchev–Trinajstić information content (AvgIpc) is 3.44. The largest absolute Gasteiger partial charge is 0.490 e. The van der Waals surface area contributed by atoms with Crippen LogP contribution in [0, 0.1) is 12.3 Å². The number of halogens is 4. The molecule has 244 valence electrons. The molecular formula is C30H28BrF3N4O5S3. The fourth-order valence-electron chi connectivity index (χ4n) is 4.06. The molecular weight excluding hydrogens is 729 g/mol. The summed E-state index contributed by atoms with van der Waals surface area (Å²) < 4.78 is 60.6. The van der Waals surface area contributed by atoms with Crippen molar-refractivity contribution in [2.24, 2.45) is 5.73 Å². The highest BCUT2D eigenvalue weighted by molar-refractivity contribution is 9.10. The minimum atomic E-state index is -5.08. The van der Waals surface area contributed by atoms with Crippen molar-refractivity contribution in [3.63, 3.8) is 0 Å². The first kappa shape index (κ1) is 36.6. The fourth-order valence-corrected chi connectivity index (χ4v) is 8.23. The van der Waals surface area contributed by atoms with Gasteiger partial charge < -0.3 is 21.5 Å². The molecule has 0 spiro atoms. The number of alkyl halides is 3. The summed E-state index contributed by atoms with van der Waals surface area (Å²) >= 11 is 5.91. The normalized spacial score (nSPS) is 11.3. The average molecular weight is 758 g/mol. The van der Waals surface area contributed by atoms with Crippen LogP contribution in [0.4, 0.5) is 23.7 Å². The highest BCUT2D eigenvalue weighted by Gasteiger charge is 2.38. The van der Waals surface area contributed by atoms with E-state index in [1.165, 1.54) is 29.2 Å². The number of amidine groups is 1. The number of anilines is 1. The molecule has 16 heteroatoms. The zero-order valence-corrected chi connectivity index (χ0v) is 28.3. The first-order valence-electron chi connectivity index (χ1n) is 13.1. The van der Waals surface area contributed by atoms with Gasteiger partial charge in [0.25, 0.3) is 0 Å². The van der Waals surface area contributed by atoms with Crippen LogP contribution in [0.15, 0.2) is 91.3 Å². The van der Waals surface area contributed by atoms with E-state index in [2.05, 4.69) is 26.6 Å². The lowest BCUT2D eigenvalue weighted by Crippen LogP contribution is -2.30. The zero-order chi connectivity index (χ0) is 34.2. The Bertz CT molecular complexity index is 1850. The van der Waals surface area contributed by atoms with Crippen LogP contribution in [-0.2, 0) is 21.1 Å². The molecule has 0 fully saturated rings. The van der Waals surface area contributed by atoms with E-state index >= 15 is 0 Å². The first-order chi connectivity index (χ1) is 21.5. The van der Waals surface area contributed by atoms with Crippen LogP contribution in [0.2, 0.25) is 0 Å². The number of hydrogen-bond acceptors (Lipinski definition) is 7. The van der Waals surface area contributed by atoms with Gasteiger partial charge in [0.05, 0.1) is 24.6 Å². The summed E-state index contributed by atoms with van der Waals surface area (Å²) in [5, 5.41) is 20.7. The van der Waals surface area contributed by atoms with Gasteiger partial charge in [-0.2, -0.15) is 13.2 Å². The second kappa shape index (κ2) is 15.6. The second-order valence-corrected chi connectivity index (χ2v) is 14.4. The van der Waals surface area contributed by atoms with Gasteiger partial charge in [0.2, 0.25) is 9.84 Å². The van der Waals surface area contributed by atoms with Gasteiger partial charge in [-0.25, -0.2) is 18.0 Å². The van der Waals surface area contributed by atoms with Crippen molar-refractivity contribution in [3.8, 4) is 11.1 Å². The minimum Gasteiger partial charge on any atom is -0.475 e. The van der Waals surface area contributed by atoms with Gasteiger partial charge in [-0.15, -0.1) is 23.1 Å². The van der Waals surface area contributed by atoms with E-state index < -0.39 is 22.0 Å². The number of thioether (sulfide) groups is 1. The van der Waals surface area contributed by atoms with Gasteiger partial charge in [0, 0.05) is 16.6 Å². The van der Waals surface area contributed by atoms with Crippen molar-refractivity contribution in [2.75, 3.05) is 18.1 Å². The SMILES string of the molecule is CSc1sc(C(=N)N)cc1S(=O)(=O)c1cccc(-c2c(C)cccc2NC(=O)NCCc2ccc(Br)cc2)c1.O=C(O)C(F)(F)F. The number of aliphatic carboxylic acids is 1. The number of nitrogens with one attached hydrogen (secondary N) is 3. The van der Waals surface area contributed by atoms with Gasteiger partial charge in [-0.05, 0) is 72.7 Å². The van der Waals surface area contributed by atoms with Gasteiger partial charge in [-0.3, -0.25) is 5.41 Å². The van der Waals surface area contributed by atoms with Crippen molar-refractivity contribution in [1.82, 2.24) is 5.32 Å². The maximum Gasteiger partial charge on any atom is 0.490 e. The second-order valence-electron chi connectivity index (χ2n) is 9.47. The fraction of sp³-hybridized carbons (Fsp3) is 0.167. The molecule has 0 saturated heterocycles. The number of carbonyl (C=O) groups excluding carboxylic acids is 1. The number of carboxylic acids is 1. The lowest BCUT2D eigenvalue weighted by molar-refractivity contribution is -0.192. The van der Waals surface area contributed by atoms with E-state index in [-0.39, 0.29) is 21.7 Å². The Morgan fingerprint density at radius 2 is 1.70 bits per heavy atom. The minimum absolute atomic E-state index is 0.122.